The van der Waals surface area contributed by atoms with Gasteiger partial charge in [-0.15, -0.1) is 0 Å². The van der Waals surface area contributed by atoms with Gasteiger partial charge in [0, 0.05) is 24.8 Å². The molecule has 2 aromatic carbocycles. The highest BCUT2D eigenvalue weighted by molar-refractivity contribution is 14.1. The lowest BCUT2D eigenvalue weighted by Gasteiger charge is -2.13. The van der Waals surface area contributed by atoms with Crippen LogP contribution in [0.25, 0.3) is 10.8 Å². The summed E-state index contributed by atoms with van der Waals surface area (Å²) in [5, 5.41) is 1.20. The molecule has 0 radical (unpaired) electrons. The molecule has 0 aliphatic rings. The molecule has 0 fully saturated rings. The minimum Gasteiger partial charge on any atom is -0.461 e. The fourth-order valence-corrected chi connectivity index (χ4v) is 2.61. The van der Waals surface area contributed by atoms with Gasteiger partial charge in [0.1, 0.15) is 12.4 Å². The van der Waals surface area contributed by atoms with Crippen LogP contribution in [0.2, 0.25) is 0 Å². The molecule has 4 nitrogen and oxygen atoms in total. The van der Waals surface area contributed by atoms with Gasteiger partial charge in [0.25, 0.3) is 0 Å². The highest BCUT2D eigenvalue weighted by Gasteiger charge is 2.16. The third-order valence-corrected chi connectivity index (χ3v) is 3.93. The van der Waals surface area contributed by atoms with Gasteiger partial charge in [-0.1, -0.05) is 6.07 Å². The molecule has 110 valence electrons. The van der Waals surface area contributed by atoms with Crippen molar-refractivity contribution in [2.24, 2.45) is 0 Å². The molecule has 0 N–H and O–H groups in total. The number of esters is 2. The van der Waals surface area contributed by atoms with E-state index in [9.17, 15) is 14.0 Å². The van der Waals surface area contributed by atoms with Crippen molar-refractivity contribution in [3.05, 3.63) is 39.2 Å². The lowest BCUT2D eigenvalue weighted by atomic mass is 10.1. The standard InChI is InChI=1S/C15H12FIO4/c1-8(18)20-7-11-5-10-3-4-12(16)6-13(10)15(14(11)17)21-9(2)19/h3-6H,7H2,1-2H3. The van der Waals surface area contributed by atoms with E-state index in [4.69, 9.17) is 9.47 Å². The lowest BCUT2D eigenvalue weighted by Crippen LogP contribution is -2.07. The van der Waals surface area contributed by atoms with Crippen molar-refractivity contribution in [3.63, 3.8) is 0 Å². The Bertz CT molecular complexity index is 727. The van der Waals surface area contributed by atoms with Crippen LogP contribution in [0.3, 0.4) is 0 Å². The number of carbonyl (C=O) groups excluding carboxylic acids is 2. The summed E-state index contributed by atoms with van der Waals surface area (Å²) in [5.74, 6) is -1.04. The molecule has 6 heteroatoms. The van der Waals surface area contributed by atoms with Gasteiger partial charge in [-0.05, 0) is 46.2 Å². The monoisotopic (exact) mass is 402 g/mol. The Morgan fingerprint density at radius 3 is 2.52 bits per heavy atom. The van der Waals surface area contributed by atoms with Crippen LogP contribution < -0.4 is 4.74 Å². The van der Waals surface area contributed by atoms with Crippen molar-refractivity contribution in [1.82, 2.24) is 0 Å². The number of halogens is 2. The highest BCUT2D eigenvalue weighted by Crippen LogP contribution is 2.35. The van der Waals surface area contributed by atoms with Crippen molar-refractivity contribution in [1.29, 1.82) is 0 Å². The summed E-state index contributed by atoms with van der Waals surface area (Å²) in [5.41, 5.74) is 0.696. The van der Waals surface area contributed by atoms with E-state index >= 15 is 0 Å². The molecule has 21 heavy (non-hydrogen) atoms. The molecule has 0 heterocycles. The average molecular weight is 402 g/mol. The van der Waals surface area contributed by atoms with Gasteiger partial charge < -0.3 is 9.47 Å². The van der Waals surface area contributed by atoms with E-state index in [1.165, 1.54) is 26.0 Å². The molecular formula is C15H12FIO4. The van der Waals surface area contributed by atoms with E-state index < -0.39 is 17.8 Å². The quantitative estimate of drug-likeness (QED) is 0.448. The van der Waals surface area contributed by atoms with Crippen molar-refractivity contribution >= 4 is 45.3 Å². The molecule has 0 aliphatic heterocycles. The summed E-state index contributed by atoms with van der Waals surface area (Å²) in [7, 11) is 0. The molecule has 0 unspecified atom stereocenters. The Kier molecular flexibility index (Phi) is 4.76. The fraction of sp³-hybridized carbons (Fsp3) is 0.200. The van der Waals surface area contributed by atoms with Crippen LogP contribution in [0.1, 0.15) is 19.4 Å². The molecule has 0 saturated carbocycles. The largest absolute Gasteiger partial charge is 0.461 e. The number of hydrogen-bond donors (Lipinski definition) is 0. The predicted molar refractivity (Wildman–Crippen MR) is 83.4 cm³/mol. The second-order valence-electron chi connectivity index (χ2n) is 4.42. The SMILES string of the molecule is CC(=O)OCc1cc2ccc(F)cc2c(OC(C)=O)c1I. The van der Waals surface area contributed by atoms with Crippen LogP contribution >= 0.6 is 22.6 Å². The molecule has 2 rings (SSSR count). The van der Waals surface area contributed by atoms with E-state index in [2.05, 4.69) is 0 Å². The van der Waals surface area contributed by atoms with E-state index in [1.807, 2.05) is 22.6 Å². The Morgan fingerprint density at radius 1 is 1.19 bits per heavy atom. The van der Waals surface area contributed by atoms with Crippen LogP contribution in [0.15, 0.2) is 24.3 Å². The zero-order valence-electron chi connectivity index (χ0n) is 11.4. The maximum absolute atomic E-state index is 13.4. The first-order chi connectivity index (χ1) is 9.88. The second-order valence-corrected chi connectivity index (χ2v) is 5.50. The molecule has 0 saturated heterocycles. The minimum absolute atomic E-state index is 0.0647. The molecule has 0 bridgehead atoms. The third-order valence-electron chi connectivity index (χ3n) is 2.75. The van der Waals surface area contributed by atoms with Gasteiger partial charge in [-0.25, -0.2) is 4.39 Å². The van der Waals surface area contributed by atoms with Gasteiger partial charge in [0.15, 0.2) is 5.75 Å². The normalized spacial score (nSPS) is 10.5. The molecule has 0 spiro atoms. The number of hydrogen-bond acceptors (Lipinski definition) is 4. The minimum atomic E-state index is -0.497. The van der Waals surface area contributed by atoms with Crippen LogP contribution in [-0.4, -0.2) is 11.9 Å². The molecule has 0 aliphatic carbocycles. The maximum Gasteiger partial charge on any atom is 0.308 e. The zero-order chi connectivity index (χ0) is 15.6. The van der Waals surface area contributed by atoms with Crippen LogP contribution in [0.5, 0.6) is 5.75 Å². The Labute approximate surface area is 134 Å². The first-order valence-corrected chi connectivity index (χ1v) is 7.18. The van der Waals surface area contributed by atoms with E-state index in [0.29, 0.717) is 19.9 Å². The Balaban J connectivity index is 2.61. The van der Waals surface area contributed by atoms with Gasteiger partial charge in [-0.2, -0.15) is 0 Å². The first kappa shape index (κ1) is 15.7. The molecular weight excluding hydrogens is 390 g/mol. The average Bonchev–Trinajstić information content (AvgIpc) is 2.40. The van der Waals surface area contributed by atoms with Gasteiger partial charge in [0.2, 0.25) is 0 Å². The topological polar surface area (TPSA) is 52.6 Å². The van der Waals surface area contributed by atoms with Gasteiger partial charge in [-0.3, -0.25) is 9.59 Å². The van der Waals surface area contributed by atoms with Gasteiger partial charge >= 0.3 is 11.9 Å². The van der Waals surface area contributed by atoms with Crippen molar-refractivity contribution in [2.75, 3.05) is 0 Å². The first-order valence-electron chi connectivity index (χ1n) is 6.11. The second kappa shape index (κ2) is 6.38. The summed E-state index contributed by atoms with van der Waals surface area (Å²) < 4.78 is 24.2. The van der Waals surface area contributed by atoms with Gasteiger partial charge in [0.05, 0.1) is 3.57 Å². The summed E-state index contributed by atoms with van der Waals surface area (Å²) in [6, 6.07) is 6.01. The maximum atomic E-state index is 13.4. The van der Waals surface area contributed by atoms with Crippen molar-refractivity contribution in [3.8, 4) is 5.75 Å². The fourth-order valence-electron chi connectivity index (χ4n) is 1.89. The highest BCUT2D eigenvalue weighted by atomic mass is 127. The van der Waals surface area contributed by atoms with Crippen molar-refractivity contribution < 1.29 is 23.5 Å². The molecule has 0 aromatic heterocycles. The Morgan fingerprint density at radius 2 is 1.90 bits per heavy atom. The predicted octanol–water partition coefficient (Wildman–Crippen LogP) is 3.57. The Hall–Kier alpha value is -1.70. The van der Waals surface area contributed by atoms with E-state index in [-0.39, 0.29) is 12.4 Å². The molecule has 0 atom stereocenters. The number of fused-ring (bicyclic) bond motifs is 1. The number of rotatable bonds is 3. The van der Waals surface area contributed by atoms with Crippen LogP contribution in [0, 0.1) is 9.39 Å². The lowest BCUT2D eigenvalue weighted by molar-refractivity contribution is -0.142. The zero-order valence-corrected chi connectivity index (χ0v) is 13.6. The van der Waals surface area contributed by atoms with Crippen molar-refractivity contribution in [2.45, 2.75) is 20.5 Å². The summed E-state index contributed by atoms with van der Waals surface area (Å²) in [4.78, 5) is 22.2. The third kappa shape index (κ3) is 3.69. The van der Waals surface area contributed by atoms with E-state index in [1.54, 1.807) is 12.1 Å². The van der Waals surface area contributed by atoms with E-state index in [0.717, 1.165) is 0 Å². The summed E-state index contributed by atoms with van der Waals surface area (Å²) >= 11 is 1.99. The smallest absolute Gasteiger partial charge is 0.308 e. The molecule has 2 aromatic rings. The number of carbonyl (C=O) groups is 2. The molecule has 0 amide bonds. The summed E-state index contributed by atoms with van der Waals surface area (Å²) in [6.07, 6.45) is 0. The van der Waals surface area contributed by atoms with Crippen LogP contribution in [-0.2, 0) is 20.9 Å². The number of benzene rings is 2. The summed E-state index contributed by atoms with van der Waals surface area (Å²) in [6.45, 7) is 2.66. The number of ether oxygens (including phenoxy) is 2. The van der Waals surface area contributed by atoms with Crippen LogP contribution in [0.4, 0.5) is 4.39 Å².